The summed E-state index contributed by atoms with van der Waals surface area (Å²) >= 11 is 5.79. The van der Waals surface area contributed by atoms with Crippen molar-refractivity contribution in [3.05, 3.63) is 41.1 Å². The standard InChI is InChI=1S/C10H9ClO/c11-8-3-1-6-10(7-8)12-9-4-2-5-9/h1,3-4,6-7H,2,5H2. The molecule has 1 nitrogen and oxygen atoms in total. The summed E-state index contributed by atoms with van der Waals surface area (Å²) < 4.78 is 5.51. The second-order valence-corrected chi connectivity index (χ2v) is 3.20. The summed E-state index contributed by atoms with van der Waals surface area (Å²) in [6.45, 7) is 0. The van der Waals surface area contributed by atoms with E-state index in [9.17, 15) is 0 Å². The van der Waals surface area contributed by atoms with Crippen LogP contribution in [0.15, 0.2) is 36.1 Å². The van der Waals surface area contributed by atoms with E-state index in [0.29, 0.717) is 5.02 Å². The lowest BCUT2D eigenvalue weighted by Crippen LogP contribution is -2.01. The minimum Gasteiger partial charge on any atom is -0.462 e. The van der Waals surface area contributed by atoms with E-state index in [1.54, 1.807) is 0 Å². The first kappa shape index (κ1) is 7.69. The van der Waals surface area contributed by atoms with Crippen molar-refractivity contribution in [2.24, 2.45) is 0 Å². The smallest absolute Gasteiger partial charge is 0.128 e. The molecule has 0 saturated carbocycles. The maximum absolute atomic E-state index is 5.79. The topological polar surface area (TPSA) is 9.23 Å². The van der Waals surface area contributed by atoms with Crippen molar-refractivity contribution in [3.8, 4) is 5.75 Å². The molecule has 0 radical (unpaired) electrons. The van der Waals surface area contributed by atoms with Gasteiger partial charge in [-0.05, 0) is 30.7 Å². The van der Waals surface area contributed by atoms with Crippen LogP contribution in [-0.2, 0) is 0 Å². The number of halogens is 1. The van der Waals surface area contributed by atoms with Crippen LogP contribution in [0.2, 0.25) is 5.02 Å². The second-order valence-electron chi connectivity index (χ2n) is 2.77. The Hall–Kier alpha value is -0.950. The van der Waals surface area contributed by atoms with Gasteiger partial charge in [0, 0.05) is 11.4 Å². The van der Waals surface area contributed by atoms with Gasteiger partial charge in [0.1, 0.15) is 11.5 Å². The van der Waals surface area contributed by atoms with Crippen molar-refractivity contribution in [1.29, 1.82) is 0 Å². The molecule has 2 heteroatoms. The van der Waals surface area contributed by atoms with Crippen molar-refractivity contribution >= 4 is 11.6 Å². The molecule has 0 aliphatic heterocycles. The summed E-state index contributed by atoms with van der Waals surface area (Å²) in [4.78, 5) is 0. The van der Waals surface area contributed by atoms with Crippen molar-refractivity contribution < 1.29 is 4.74 Å². The minimum absolute atomic E-state index is 0.715. The monoisotopic (exact) mass is 180 g/mol. The largest absolute Gasteiger partial charge is 0.462 e. The highest BCUT2D eigenvalue weighted by molar-refractivity contribution is 6.30. The zero-order valence-electron chi connectivity index (χ0n) is 6.59. The molecule has 0 heterocycles. The molecule has 0 fully saturated rings. The van der Waals surface area contributed by atoms with Crippen LogP contribution < -0.4 is 4.74 Å². The zero-order valence-corrected chi connectivity index (χ0v) is 7.34. The lowest BCUT2D eigenvalue weighted by atomic mass is 10.1. The van der Waals surface area contributed by atoms with E-state index < -0.39 is 0 Å². The third-order valence-electron chi connectivity index (χ3n) is 1.81. The van der Waals surface area contributed by atoms with Crippen LogP contribution in [-0.4, -0.2) is 0 Å². The third-order valence-corrected chi connectivity index (χ3v) is 2.04. The maximum Gasteiger partial charge on any atom is 0.128 e. The molecule has 0 aromatic heterocycles. The predicted molar refractivity (Wildman–Crippen MR) is 49.4 cm³/mol. The van der Waals surface area contributed by atoms with Crippen molar-refractivity contribution in [2.75, 3.05) is 0 Å². The summed E-state index contributed by atoms with van der Waals surface area (Å²) in [5, 5.41) is 0.715. The van der Waals surface area contributed by atoms with Crippen LogP contribution >= 0.6 is 11.6 Å². The molecule has 1 aromatic carbocycles. The number of hydrogen-bond acceptors (Lipinski definition) is 1. The molecule has 0 N–H and O–H groups in total. The summed E-state index contributed by atoms with van der Waals surface area (Å²) in [6.07, 6.45) is 4.27. The highest BCUT2D eigenvalue weighted by atomic mass is 35.5. The van der Waals surface area contributed by atoms with E-state index in [0.717, 1.165) is 24.4 Å². The third kappa shape index (κ3) is 1.62. The van der Waals surface area contributed by atoms with Gasteiger partial charge in [-0.3, -0.25) is 0 Å². The van der Waals surface area contributed by atoms with Crippen LogP contribution in [0.1, 0.15) is 12.8 Å². The zero-order chi connectivity index (χ0) is 8.39. The molecule has 1 aliphatic rings. The maximum atomic E-state index is 5.79. The van der Waals surface area contributed by atoms with E-state index >= 15 is 0 Å². The molecule has 0 atom stereocenters. The van der Waals surface area contributed by atoms with Gasteiger partial charge in [-0.15, -0.1) is 0 Å². The molecule has 0 amide bonds. The van der Waals surface area contributed by atoms with Crippen molar-refractivity contribution in [3.63, 3.8) is 0 Å². The fourth-order valence-electron chi connectivity index (χ4n) is 1.04. The Labute approximate surface area is 76.6 Å². The number of rotatable bonds is 2. The Morgan fingerprint density at radius 2 is 2.17 bits per heavy atom. The fraction of sp³-hybridized carbons (Fsp3) is 0.200. The van der Waals surface area contributed by atoms with Gasteiger partial charge in [-0.2, -0.15) is 0 Å². The van der Waals surface area contributed by atoms with Crippen LogP contribution in [0.4, 0.5) is 0 Å². The van der Waals surface area contributed by atoms with Gasteiger partial charge in [-0.25, -0.2) is 0 Å². The summed E-state index contributed by atoms with van der Waals surface area (Å²) in [5.74, 6) is 1.88. The molecule has 62 valence electrons. The summed E-state index contributed by atoms with van der Waals surface area (Å²) in [7, 11) is 0. The van der Waals surface area contributed by atoms with Crippen LogP contribution in [0.5, 0.6) is 5.75 Å². The fourth-order valence-corrected chi connectivity index (χ4v) is 1.22. The first-order chi connectivity index (χ1) is 5.84. The Kier molecular flexibility index (Phi) is 2.05. The number of allylic oxidation sites excluding steroid dienone is 2. The van der Waals surface area contributed by atoms with Gasteiger partial charge in [0.2, 0.25) is 0 Å². The molecule has 0 unspecified atom stereocenters. The lowest BCUT2D eigenvalue weighted by Gasteiger charge is -2.15. The Morgan fingerprint density at radius 3 is 2.75 bits per heavy atom. The Morgan fingerprint density at radius 1 is 1.33 bits per heavy atom. The number of benzene rings is 1. The van der Waals surface area contributed by atoms with E-state index in [-0.39, 0.29) is 0 Å². The van der Waals surface area contributed by atoms with Gasteiger partial charge in [0.05, 0.1) is 0 Å². The first-order valence-corrected chi connectivity index (χ1v) is 4.35. The SMILES string of the molecule is Clc1cccc(OC2=CCC2)c1. The quantitative estimate of drug-likeness (QED) is 0.678. The highest BCUT2D eigenvalue weighted by Crippen LogP contribution is 2.24. The average Bonchev–Trinajstić information content (AvgIpc) is 1.97. The van der Waals surface area contributed by atoms with Crippen LogP contribution in [0, 0.1) is 0 Å². The Bertz CT molecular complexity index is 317. The molecule has 2 rings (SSSR count). The van der Waals surface area contributed by atoms with Gasteiger partial charge >= 0.3 is 0 Å². The van der Waals surface area contributed by atoms with Crippen molar-refractivity contribution in [2.45, 2.75) is 12.8 Å². The molecule has 0 spiro atoms. The predicted octanol–water partition coefficient (Wildman–Crippen LogP) is 3.40. The molecule has 1 aromatic rings. The van der Waals surface area contributed by atoms with Gasteiger partial charge in [-0.1, -0.05) is 17.7 Å². The van der Waals surface area contributed by atoms with E-state index in [4.69, 9.17) is 16.3 Å². The lowest BCUT2D eigenvalue weighted by molar-refractivity contribution is 0.380. The van der Waals surface area contributed by atoms with Gasteiger partial charge in [0.15, 0.2) is 0 Å². The molecule has 12 heavy (non-hydrogen) atoms. The Balaban J connectivity index is 2.12. The van der Waals surface area contributed by atoms with E-state index in [1.807, 2.05) is 24.3 Å². The van der Waals surface area contributed by atoms with E-state index in [1.165, 1.54) is 0 Å². The van der Waals surface area contributed by atoms with Gasteiger partial charge < -0.3 is 4.74 Å². The molecular weight excluding hydrogens is 172 g/mol. The van der Waals surface area contributed by atoms with Crippen LogP contribution in [0.3, 0.4) is 0 Å². The molecule has 0 saturated heterocycles. The number of ether oxygens (including phenoxy) is 1. The van der Waals surface area contributed by atoms with Gasteiger partial charge in [0.25, 0.3) is 0 Å². The first-order valence-electron chi connectivity index (χ1n) is 3.97. The second kappa shape index (κ2) is 3.20. The normalized spacial score (nSPS) is 14.9. The molecular formula is C10H9ClO. The molecule has 1 aliphatic carbocycles. The number of hydrogen-bond donors (Lipinski definition) is 0. The summed E-state index contributed by atoms with van der Waals surface area (Å²) in [5.41, 5.74) is 0. The minimum atomic E-state index is 0.715. The highest BCUT2D eigenvalue weighted by Gasteiger charge is 2.07. The van der Waals surface area contributed by atoms with Crippen LogP contribution in [0.25, 0.3) is 0 Å². The molecule has 0 bridgehead atoms. The van der Waals surface area contributed by atoms with Crippen molar-refractivity contribution in [1.82, 2.24) is 0 Å². The summed E-state index contributed by atoms with van der Waals surface area (Å²) in [6, 6.07) is 7.45. The average molecular weight is 181 g/mol. The van der Waals surface area contributed by atoms with E-state index in [2.05, 4.69) is 6.08 Å².